The Hall–Kier alpha value is -3.71. The topological polar surface area (TPSA) is 72.9 Å². The van der Waals surface area contributed by atoms with Crippen molar-refractivity contribution < 1.29 is 19.1 Å². The van der Waals surface area contributed by atoms with Gasteiger partial charge in [-0.15, -0.1) is 0 Å². The van der Waals surface area contributed by atoms with Crippen molar-refractivity contribution in [2.75, 3.05) is 25.0 Å². The Morgan fingerprint density at radius 2 is 1.64 bits per heavy atom. The fourth-order valence-corrected chi connectivity index (χ4v) is 4.92. The van der Waals surface area contributed by atoms with E-state index in [0.29, 0.717) is 12.2 Å². The molecular weight excluding hydrogens is 421 g/mol. The number of nitrogens with zero attached hydrogens (tertiary/aromatic N) is 2. The van der Waals surface area contributed by atoms with Gasteiger partial charge in [-0.05, 0) is 41.0 Å². The normalized spacial score (nSPS) is 21.9. The van der Waals surface area contributed by atoms with Gasteiger partial charge in [-0.25, -0.2) is 9.18 Å². The molecule has 6 nitrogen and oxygen atoms in total. The lowest BCUT2D eigenvalue weighted by molar-refractivity contribution is -0.159. The second-order valence-electron chi connectivity index (χ2n) is 8.45. The number of carbonyl (C=O) groups is 2. The molecule has 5 rings (SSSR count). The molecule has 0 aromatic heterocycles. The van der Waals surface area contributed by atoms with Gasteiger partial charge in [0.2, 0.25) is 5.91 Å². The van der Waals surface area contributed by atoms with Gasteiger partial charge in [0.1, 0.15) is 12.4 Å². The second-order valence-corrected chi connectivity index (χ2v) is 8.45. The molecule has 2 aliphatic heterocycles. The number of nitrogens with one attached hydrogen (secondary N) is 1. The predicted octanol–water partition coefficient (Wildman–Crippen LogP) is 3.70. The highest BCUT2D eigenvalue weighted by Crippen LogP contribution is 2.43. The molecule has 168 valence electrons. The standard InChI is InChI=1S/C26H24FN3O3/c27-20-10-12-21(13-11-20)28-26(33)29-14-22-25(23(16-31)30(22)24(32)15-29)19-8-6-18(7-9-19)17-4-2-1-3-5-17/h1-13,22-23,25,31H,14-16H2,(H,28,33)/t22-,23+,25-/m0/s1. The molecule has 0 spiro atoms. The van der Waals surface area contributed by atoms with Gasteiger partial charge in [0.15, 0.2) is 0 Å². The van der Waals surface area contributed by atoms with Gasteiger partial charge < -0.3 is 20.2 Å². The number of aliphatic hydroxyl groups excluding tert-OH is 1. The highest BCUT2D eigenvalue weighted by molar-refractivity contribution is 5.93. The summed E-state index contributed by atoms with van der Waals surface area (Å²) in [4.78, 5) is 28.8. The van der Waals surface area contributed by atoms with E-state index in [0.717, 1.165) is 16.7 Å². The van der Waals surface area contributed by atoms with E-state index in [1.54, 1.807) is 4.90 Å². The number of amides is 3. The number of fused-ring (bicyclic) bond motifs is 1. The van der Waals surface area contributed by atoms with Crippen molar-refractivity contribution in [3.63, 3.8) is 0 Å². The van der Waals surface area contributed by atoms with Crippen molar-refractivity contribution in [3.8, 4) is 11.1 Å². The van der Waals surface area contributed by atoms with E-state index in [-0.39, 0.29) is 42.9 Å². The maximum Gasteiger partial charge on any atom is 0.322 e. The molecule has 3 atom stereocenters. The highest BCUT2D eigenvalue weighted by atomic mass is 19.1. The summed E-state index contributed by atoms with van der Waals surface area (Å²) in [7, 11) is 0. The maximum atomic E-state index is 13.1. The van der Waals surface area contributed by atoms with Crippen molar-refractivity contribution in [1.82, 2.24) is 9.80 Å². The van der Waals surface area contributed by atoms with Crippen LogP contribution in [0.1, 0.15) is 11.5 Å². The van der Waals surface area contributed by atoms with Gasteiger partial charge >= 0.3 is 6.03 Å². The number of hydrogen-bond acceptors (Lipinski definition) is 3. The van der Waals surface area contributed by atoms with E-state index >= 15 is 0 Å². The summed E-state index contributed by atoms with van der Waals surface area (Å²) in [5, 5.41) is 12.7. The van der Waals surface area contributed by atoms with Crippen LogP contribution in [0.25, 0.3) is 11.1 Å². The number of urea groups is 1. The van der Waals surface area contributed by atoms with Crippen molar-refractivity contribution in [2.24, 2.45) is 0 Å². The van der Waals surface area contributed by atoms with E-state index in [2.05, 4.69) is 5.32 Å². The molecule has 0 saturated carbocycles. The van der Waals surface area contributed by atoms with E-state index in [9.17, 15) is 19.1 Å². The Bertz CT molecular complexity index is 1150. The number of piperazine rings is 1. The molecule has 2 heterocycles. The molecule has 2 N–H and O–H groups in total. The third-order valence-electron chi connectivity index (χ3n) is 6.54. The largest absolute Gasteiger partial charge is 0.394 e. The summed E-state index contributed by atoms with van der Waals surface area (Å²) in [5.74, 6) is -0.635. The average molecular weight is 445 g/mol. The zero-order chi connectivity index (χ0) is 22.9. The number of anilines is 1. The molecule has 0 radical (unpaired) electrons. The fraction of sp³-hybridized carbons (Fsp3) is 0.231. The zero-order valence-corrected chi connectivity index (χ0v) is 17.9. The van der Waals surface area contributed by atoms with Crippen LogP contribution in [0.15, 0.2) is 78.9 Å². The van der Waals surface area contributed by atoms with Crippen LogP contribution in [-0.4, -0.2) is 58.6 Å². The van der Waals surface area contributed by atoms with Gasteiger partial charge in [-0.2, -0.15) is 0 Å². The Morgan fingerprint density at radius 3 is 2.30 bits per heavy atom. The first-order valence-corrected chi connectivity index (χ1v) is 10.9. The highest BCUT2D eigenvalue weighted by Gasteiger charge is 2.54. The van der Waals surface area contributed by atoms with Crippen LogP contribution in [0.2, 0.25) is 0 Å². The van der Waals surface area contributed by atoms with Gasteiger partial charge in [0, 0.05) is 18.2 Å². The maximum absolute atomic E-state index is 13.1. The summed E-state index contributed by atoms with van der Waals surface area (Å²) < 4.78 is 13.1. The Balaban J connectivity index is 1.33. The first-order chi connectivity index (χ1) is 16.0. The van der Waals surface area contributed by atoms with E-state index in [1.165, 1.54) is 29.2 Å². The number of halogens is 1. The van der Waals surface area contributed by atoms with Gasteiger partial charge in [0.05, 0.1) is 18.7 Å². The zero-order valence-electron chi connectivity index (χ0n) is 17.9. The molecule has 0 unspecified atom stereocenters. The van der Waals surface area contributed by atoms with Crippen LogP contribution in [0, 0.1) is 5.82 Å². The van der Waals surface area contributed by atoms with Crippen LogP contribution < -0.4 is 5.32 Å². The average Bonchev–Trinajstić information content (AvgIpc) is 2.82. The monoisotopic (exact) mass is 445 g/mol. The minimum absolute atomic E-state index is 0.0559. The van der Waals surface area contributed by atoms with Crippen molar-refractivity contribution in [2.45, 2.75) is 18.0 Å². The van der Waals surface area contributed by atoms with Crippen LogP contribution in [0.3, 0.4) is 0 Å². The first kappa shape index (κ1) is 21.2. The van der Waals surface area contributed by atoms with E-state index in [4.69, 9.17) is 0 Å². The molecule has 7 heteroatoms. The first-order valence-electron chi connectivity index (χ1n) is 10.9. The van der Waals surface area contributed by atoms with Crippen LogP contribution in [-0.2, 0) is 4.79 Å². The minimum atomic E-state index is -0.403. The Morgan fingerprint density at radius 1 is 0.970 bits per heavy atom. The molecule has 2 aliphatic rings. The predicted molar refractivity (Wildman–Crippen MR) is 123 cm³/mol. The van der Waals surface area contributed by atoms with Crippen LogP contribution in [0.4, 0.5) is 14.9 Å². The molecule has 2 saturated heterocycles. The molecule has 2 fully saturated rings. The number of rotatable bonds is 4. The lowest BCUT2D eigenvalue weighted by Crippen LogP contribution is -2.73. The third-order valence-corrected chi connectivity index (χ3v) is 6.54. The lowest BCUT2D eigenvalue weighted by Gasteiger charge is -2.58. The van der Waals surface area contributed by atoms with Gasteiger partial charge in [-0.3, -0.25) is 4.79 Å². The van der Waals surface area contributed by atoms with E-state index < -0.39 is 6.03 Å². The quantitative estimate of drug-likeness (QED) is 0.643. The molecule has 3 amide bonds. The Labute approximate surface area is 191 Å². The third kappa shape index (κ3) is 3.96. The molecule has 3 aromatic carbocycles. The number of carbonyl (C=O) groups excluding carboxylic acids is 2. The summed E-state index contributed by atoms with van der Waals surface area (Å²) >= 11 is 0. The van der Waals surface area contributed by atoms with Gasteiger partial charge in [-0.1, -0.05) is 54.6 Å². The molecule has 0 bridgehead atoms. The van der Waals surface area contributed by atoms with Gasteiger partial charge in [0.25, 0.3) is 0 Å². The SMILES string of the molecule is O=C(Nc1ccc(F)cc1)N1CC(=O)N2[C@H](CO)[C@@H](c3ccc(-c4ccccc4)cc3)[C@@H]2C1. The molecule has 3 aromatic rings. The smallest absolute Gasteiger partial charge is 0.322 e. The van der Waals surface area contributed by atoms with Crippen LogP contribution >= 0.6 is 0 Å². The number of benzene rings is 3. The summed E-state index contributed by atoms with van der Waals surface area (Å²) in [5.41, 5.74) is 3.71. The Kier molecular flexibility index (Phi) is 5.56. The summed E-state index contributed by atoms with van der Waals surface area (Å²) in [6, 6.07) is 22.8. The summed E-state index contributed by atoms with van der Waals surface area (Å²) in [6.45, 7) is 0.176. The minimum Gasteiger partial charge on any atom is -0.394 e. The molecule has 33 heavy (non-hydrogen) atoms. The molecular formula is C26H24FN3O3. The van der Waals surface area contributed by atoms with Crippen molar-refractivity contribution in [3.05, 3.63) is 90.2 Å². The fourth-order valence-electron chi connectivity index (χ4n) is 4.92. The number of hydrogen-bond donors (Lipinski definition) is 2. The second kappa shape index (κ2) is 8.67. The number of aliphatic hydroxyl groups is 1. The van der Waals surface area contributed by atoms with Crippen molar-refractivity contribution >= 4 is 17.6 Å². The summed E-state index contributed by atoms with van der Waals surface area (Å²) in [6.07, 6.45) is 0. The lowest BCUT2D eigenvalue weighted by atomic mass is 9.73. The molecule has 0 aliphatic carbocycles. The van der Waals surface area contributed by atoms with E-state index in [1.807, 2.05) is 54.6 Å². The van der Waals surface area contributed by atoms with Crippen LogP contribution in [0.5, 0.6) is 0 Å². The van der Waals surface area contributed by atoms with Crippen molar-refractivity contribution in [1.29, 1.82) is 0 Å².